The van der Waals surface area contributed by atoms with Crippen LogP contribution in [0.3, 0.4) is 0 Å². The zero-order chi connectivity index (χ0) is 38.1. The second-order valence-corrected chi connectivity index (χ2v) is 15.7. The molecule has 0 radical (unpaired) electrons. The maximum absolute atomic E-state index is 15.0. The number of aryl methyl sites for hydroxylation is 1. The number of ether oxygens (including phenoxy) is 2. The number of ketones is 2. The van der Waals surface area contributed by atoms with E-state index < -0.39 is 59.5 Å². The van der Waals surface area contributed by atoms with Gasteiger partial charge in [-0.25, -0.2) is 0 Å². The lowest BCUT2D eigenvalue weighted by Crippen LogP contribution is -2.59. The van der Waals surface area contributed by atoms with Crippen LogP contribution in [-0.4, -0.2) is 101 Å². The van der Waals surface area contributed by atoms with Crippen LogP contribution in [0.1, 0.15) is 126 Å². The molecule has 2 aromatic carbocycles. The van der Waals surface area contributed by atoms with Crippen molar-refractivity contribution in [1.82, 2.24) is 9.80 Å². The molecule has 2 fully saturated rings. The number of aromatic hydroxyl groups is 1. The van der Waals surface area contributed by atoms with E-state index in [-0.39, 0.29) is 62.6 Å². The molecular formula is C41H52N2O9. The van der Waals surface area contributed by atoms with Crippen molar-refractivity contribution in [3.05, 3.63) is 85.3 Å². The number of likely N-dealkylation sites (N-methyl/N-ethyl adjacent to an activating group) is 2. The fraction of sp³-hybridized carbons (Fsp3) is 0.537. The number of hydrogen-bond acceptors (Lipinski definition) is 11. The van der Waals surface area contributed by atoms with Crippen molar-refractivity contribution in [1.29, 1.82) is 0 Å². The Bertz CT molecular complexity index is 2020. The van der Waals surface area contributed by atoms with Crippen LogP contribution in [-0.2, 0) is 9.47 Å². The Morgan fingerprint density at radius 2 is 1.62 bits per heavy atom. The number of phenolic OH excluding ortho intramolecular Hbond substituents is 1. The minimum atomic E-state index is -0.847. The van der Waals surface area contributed by atoms with E-state index in [1.165, 1.54) is 6.07 Å². The third-order valence-corrected chi connectivity index (χ3v) is 11.9. The van der Waals surface area contributed by atoms with Crippen LogP contribution in [0.4, 0.5) is 0 Å². The summed E-state index contributed by atoms with van der Waals surface area (Å²) in [7, 11) is 7.47. The van der Waals surface area contributed by atoms with E-state index in [0.717, 1.165) is 0 Å². The predicted octanol–water partition coefficient (Wildman–Crippen LogP) is 5.32. The molecule has 3 heterocycles. The number of carbonyl (C=O) groups is 2. The first-order chi connectivity index (χ1) is 24.4. The zero-order valence-corrected chi connectivity index (χ0v) is 31.8. The Labute approximate surface area is 304 Å². The molecular weight excluding hydrogens is 664 g/mol. The summed E-state index contributed by atoms with van der Waals surface area (Å²) < 4.78 is 19.2. The van der Waals surface area contributed by atoms with Gasteiger partial charge >= 0.3 is 0 Å². The molecule has 2 saturated heterocycles. The fourth-order valence-corrected chi connectivity index (χ4v) is 8.38. The fourth-order valence-electron chi connectivity index (χ4n) is 8.38. The number of benzene rings is 2. The lowest BCUT2D eigenvalue weighted by Gasteiger charge is -2.49. The molecule has 0 bridgehead atoms. The van der Waals surface area contributed by atoms with Gasteiger partial charge in [-0.2, -0.15) is 0 Å². The summed E-state index contributed by atoms with van der Waals surface area (Å²) in [6.45, 7) is 11.0. The summed E-state index contributed by atoms with van der Waals surface area (Å²) in [6.07, 6.45) is 0.650. The molecule has 6 rings (SSSR count). The second kappa shape index (κ2) is 13.9. The normalized spacial score (nSPS) is 30.0. The largest absolute Gasteiger partial charge is 0.507 e. The van der Waals surface area contributed by atoms with Crippen molar-refractivity contribution in [3.63, 3.8) is 0 Å². The monoisotopic (exact) mass is 716 g/mol. The van der Waals surface area contributed by atoms with Crippen LogP contribution in [0.2, 0.25) is 0 Å². The molecule has 3 N–H and O–H groups in total. The van der Waals surface area contributed by atoms with E-state index in [1.807, 2.05) is 70.9 Å². The molecule has 0 saturated carbocycles. The first kappa shape index (κ1) is 38.0. The molecule has 52 heavy (non-hydrogen) atoms. The van der Waals surface area contributed by atoms with Crippen molar-refractivity contribution in [3.8, 4) is 5.75 Å². The summed E-state index contributed by atoms with van der Waals surface area (Å²) in [5.74, 6) is -1.35. The molecule has 1 aliphatic carbocycles. The number of phenols is 1. The van der Waals surface area contributed by atoms with Gasteiger partial charge in [-0.3, -0.25) is 14.4 Å². The summed E-state index contributed by atoms with van der Waals surface area (Å²) in [4.78, 5) is 47.3. The molecule has 3 aliphatic rings. The molecule has 11 heteroatoms. The molecule has 1 aromatic heterocycles. The molecule has 280 valence electrons. The number of carbonyl (C=O) groups excluding carboxylic acids is 2. The van der Waals surface area contributed by atoms with Gasteiger partial charge in [-0.05, 0) is 105 Å². The van der Waals surface area contributed by atoms with E-state index in [9.17, 15) is 24.9 Å². The Balaban J connectivity index is 1.63. The highest BCUT2D eigenvalue weighted by Gasteiger charge is 2.49. The van der Waals surface area contributed by atoms with Gasteiger partial charge in [0.05, 0.1) is 53.1 Å². The van der Waals surface area contributed by atoms with Crippen molar-refractivity contribution >= 4 is 22.5 Å². The van der Waals surface area contributed by atoms with Crippen molar-refractivity contribution in [2.45, 2.75) is 115 Å². The SMILES string of the molecule is C/C=C\CC(C)c1cc(=O)c2c(C)cc3c(c2o1)C(=O)c1c(O)c(C2C[C@](C)(N(C)C)[C@H](O)[C@H](C)O2)cc(C2C[C@@H](N(C)C)[C@H](O)[C@@H](C)O2)c1C3=O. The third kappa shape index (κ3) is 6.05. The smallest absolute Gasteiger partial charge is 0.202 e. The highest BCUT2D eigenvalue weighted by atomic mass is 16.5. The summed E-state index contributed by atoms with van der Waals surface area (Å²) in [5, 5.41) is 34.7. The first-order valence-corrected chi connectivity index (χ1v) is 18.1. The minimum Gasteiger partial charge on any atom is -0.507 e. The molecule has 0 amide bonds. The Kier molecular flexibility index (Phi) is 10.2. The first-order valence-electron chi connectivity index (χ1n) is 18.1. The molecule has 2 aliphatic heterocycles. The topological polar surface area (TPSA) is 150 Å². The van der Waals surface area contributed by atoms with Gasteiger partial charge in [0.15, 0.2) is 11.2 Å². The standard InChI is InChI=1S/C41H52N2O9/c1-11-12-13-19(2)28-17-27(44)31-20(3)14-25-33(39(31)52-28)38(48)34-32(37(25)47)23(29-16-26(42(7)8)35(45)21(4)50-29)15-24(36(34)46)30-18-41(6,43(9)10)40(49)22(5)51-30/h11-12,14-15,17,19,21-22,26,29-30,35,40,45-46,49H,13,16,18H2,1-10H3/b12-11-/t19?,21-,22+,26-,29?,30?,35-,40-,41+/m1/s1. The Hall–Kier alpha value is -3.71. The van der Waals surface area contributed by atoms with E-state index in [4.69, 9.17) is 13.9 Å². The maximum Gasteiger partial charge on any atom is 0.202 e. The van der Waals surface area contributed by atoms with Gasteiger partial charge in [0.25, 0.3) is 0 Å². The number of fused-ring (bicyclic) bond motifs is 4. The number of allylic oxidation sites excluding steroid dienone is 2. The minimum absolute atomic E-state index is 0.0165. The number of aliphatic hydroxyl groups is 2. The van der Waals surface area contributed by atoms with Crippen LogP contribution in [0.25, 0.3) is 11.0 Å². The van der Waals surface area contributed by atoms with Gasteiger partial charge in [0.2, 0.25) is 5.78 Å². The molecule has 0 spiro atoms. The molecule has 9 atom stereocenters. The number of aliphatic hydroxyl groups excluding tert-OH is 2. The average molecular weight is 717 g/mol. The number of rotatable bonds is 7. The predicted molar refractivity (Wildman–Crippen MR) is 197 cm³/mol. The maximum atomic E-state index is 15.0. The highest BCUT2D eigenvalue weighted by molar-refractivity contribution is 6.33. The van der Waals surface area contributed by atoms with Crippen LogP contribution >= 0.6 is 0 Å². The Morgan fingerprint density at radius 1 is 0.942 bits per heavy atom. The lowest BCUT2D eigenvalue weighted by atomic mass is 9.74. The summed E-state index contributed by atoms with van der Waals surface area (Å²) in [6, 6.07) is 4.38. The van der Waals surface area contributed by atoms with Gasteiger partial charge in [0, 0.05) is 40.3 Å². The van der Waals surface area contributed by atoms with E-state index >= 15 is 4.79 Å². The van der Waals surface area contributed by atoms with Crippen LogP contribution in [0.5, 0.6) is 5.75 Å². The number of nitrogens with zero attached hydrogens (tertiary/aromatic N) is 2. The average Bonchev–Trinajstić information content (AvgIpc) is 3.08. The zero-order valence-electron chi connectivity index (χ0n) is 31.8. The van der Waals surface area contributed by atoms with Gasteiger partial charge < -0.3 is 39.0 Å². The molecule has 3 aromatic rings. The van der Waals surface area contributed by atoms with Crippen molar-refractivity contribution in [2.75, 3.05) is 28.2 Å². The van der Waals surface area contributed by atoms with Crippen LogP contribution in [0, 0.1) is 6.92 Å². The summed E-state index contributed by atoms with van der Waals surface area (Å²) >= 11 is 0. The number of hydrogen-bond donors (Lipinski definition) is 3. The third-order valence-electron chi connectivity index (χ3n) is 11.9. The van der Waals surface area contributed by atoms with Crippen molar-refractivity contribution in [2.24, 2.45) is 0 Å². The van der Waals surface area contributed by atoms with Gasteiger partial charge in [-0.15, -0.1) is 0 Å². The van der Waals surface area contributed by atoms with Crippen molar-refractivity contribution < 1.29 is 38.8 Å². The highest BCUT2D eigenvalue weighted by Crippen LogP contribution is 2.49. The van der Waals surface area contributed by atoms with Gasteiger partial charge in [-0.1, -0.05) is 19.1 Å². The quantitative estimate of drug-likeness (QED) is 0.213. The van der Waals surface area contributed by atoms with E-state index in [2.05, 4.69) is 0 Å². The van der Waals surface area contributed by atoms with E-state index in [1.54, 1.807) is 32.9 Å². The van der Waals surface area contributed by atoms with E-state index in [0.29, 0.717) is 29.7 Å². The molecule has 11 nitrogen and oxygen atoms in total. The second-order valence-electron chi connectivity index (χ2n) is 15.7. The Morgan fingerprint density at radius 3 is 2.25 bits per heavy atom. The van der Waals surface area contributed by atoms with Crippen LogP contribution < -0.4 is 5.43 Å². The molecule has 3 unspecified atom stereocenters. The van der Waals surface area contributed by atoms with Crippen LogP contribution in [0.15, 0.2) is 39.6 Å². The summed E-state index contributed by atoms with van der Waals surface area (Å²) in [5.41, 5.74) is -0.0633. The lowest BCUT2D eigenvalue weighted by molar-refractivity contribution is -0.176. The van der Waals surface area contributed by atoms with Gasteiger partial charge in [0.1, 0.15) is 17.1 Å².